The Morgan fingerprint density at radius 2 is 1.86 bits per heavy atom. The van der Waals surface area contributed by atoms with Gasteiger partial charge in [0.1, 0.15) is 0 Å². The van der Waals surface area contributed by atoms with Gasteiger partial charge in [-0.05, 0) is 23.7 Å². The highest BCUT2D eigenvalue weighted by atomic mass is 28.2. The van der Waals surface area contributed by atoms with E-state index < -0.39 is 0 Å². The molecule has 1 nitrogen and oxygen atoms in total. The molecule has 0 unspecified atom stereocenters. The second kappa shape index (κ2) is 6.28. The van der Waals surface area contributed by atoms with Crippen molar-refractivity contribution in [3.05, 3.63) is 11.9 Å². The quantitative estimate of drug-likeness (QED) is 0.613. The number of rotatable bonds is 6. The fraction of sp³-hybridized carbons (Fsp3) is 0.833. The maximum absolute atomic E-state index is 4.25. The van der Waals surface area contributed by atoms with Gasteiger partial charge >= 0.3 is 0 Å². The highest BCUT2D eigenvalue weighted by Crippen LogP contribution is 2.23. The first-order chi connectivity index (χ1) is 6.40. The Hall–Kier alpha value is -0.243. The largest absolute Gasteiger partial charge is 0.380 e. The molecule has 0 aliphatic rings. The van der Waals surface area contributed by atoms with Gasteiger partial charge in [-0.3, -0.25) is 0 Å². The van der Waals surface area contributed by atoms with Gasteiger partial charge in [-0.1, -0.05) is 40.7 Å². The van der Waals surface area contributed by atoms with Gasteiger partial charge in [0.05, 0.1) is 9.52 Å². The second-order valence-electron chi connectivity index (χ2n) is 5.24. The highest BCUT2D eigenvalue weighted by molar-refractivity contribution is 6.48. The minimum absolute atomic E-state index is 0.181. The molecule has 0 aromatic rings. The number of hydrogen-bond acceptors (Lipinski definition) is 1. The molecular formula is C12H27NSi. The molecule has 0 N–H and O–H groups in total. The molecule has 0 bridgehead atoms. The van der Waals surface area contributed by atoms with Crippen LogP contribution < -0.4 is 0 Å². The zero-order valence-electron chi connectivity index (χ0n) is 10.7. The van der Waals surface area contributed by atoms with E-state index in [4.69, 9.17) is 0 Å². The molecule has 0 spiro atoms. The van der Waals surface area contributed by atoms with Crippen LogP contribution in [0.3, 0.4) is 0 Å². The molecule has 0 aliphatic heterocycles. The van der Waals surface area contributed by atoms with Crippen molar-refractivity contribution >= 4 is 9.52 Å². The smallest absolute Gasteiger partial charge is 0.0798 e. The van der Waals surface area contributed by atoms with Gasteiger partial charge in [-0.15, -0.1) is 0 Å². The summed E-state index contributed by atoms with van der Waals surface area (Å²) in [6.45, 7) is 18.1. The molecule has 0 rings (SSSR count). The Labute approximate surface area is 92.4 Å². The number of hydrogen-bond donors (Lipinski definition) is 0. The fourth-order valence-electron chi connectivity index (χ4n) is 1.61. The molecule has 0 heterocycles. The van der Waals surface area contributed by atoms with Crippen molar-refractivity contribution < 1.29 is 0 Å². The fourth-order valence-corrected chi connectivity index (χ4v) is 3.44. The minimum Gasteiger partial charge on any atom is -0.380 e. The Morgan fingerprint density at radius 1 is 1.29 bits per heavy atom. The van der Waals surface area contributed by atoms with Crippen LogP contribution in [0.4, 0.5) is 0 Å². The maximum atomic E-state index is 4.25. The summed E-state index contributed by atoms with van der Waals surface area (Å²) in [5.74, 6) is 0. The van der Waals surface area contributed by atoms with Crippen molar-refractivity contribution in [2.24, 2.45) is 0 Å². The van der Waals surface area contributed by atoms with Crippen LogP contribution in [-0.2, 0) is 0 Å². The first-order valence-electron chi connectivity index (χ1n) is 5.83. The summed E-state index contributed by atoms with van der Waals surface area (Å²) in [4.78, 5) is 2.47. The molecule has 0 aromatic carbocycles. The monoisotopic (exact) mass is 213 g/mol. The Balaban J connectivity index is 4.04. The lowest BCUT2D eigenvalue weighted by atomic mass is 10.2. The molecule has 0 aliphatic carbocycles. The van der Waals surface area contributed by atoms with Crippen LogP contribution in [0, 0.1) is 0 Å². The summed E-state index contributed by atoms with van der Waals surface area (Å²) < 4.78 is 0. The minimum atomic E-state index is -0.181. The van der Waals surface area contributed by atoms with E-state index >= 15 is 0 Å². The molecule has 0 saturated carbocycles. The lowest BCUT2D eigenvalue weighted by molar-refractivity contribution is 0.374. The topological polar surface area (TPSA) is 3.24 Å². The average molecular weight is 213 g/mol. The Morgan fingerprint density at radius 3 is 2.21 bits per heavy atom. The second-order valence-corrected chi connectivity index (χ2v) is 8.53. The van der Waals surface area contributed by atoms with Gasteiger partial charge < -0.3 is 4.90 Å². The molecule has 0 amide bonds. The summed E-state index contributed by atoms with van der Waals surface area (Å²) in [5.41, 5.74) is 0. The van der Waals surface area contributed by atoms with Crippen LogP contribution in [0.2, 0.25) is 5.04 Å². The van der Waals surface area contributed by atoms with E-state index in [0.29, 0.717) is 5.04 Å². The molecule has 14 heavy (non-hydrogen) atoms. The van der Waals surface area contributed by atoms with Gasteiger partial charge in [0.2, 0.25) is 0 Å². The first-order valence-corrected chi connectivity index (χ1v) is 7.25. The molecule has 2 heteroatoms. The normalized spacial score (nSPS) is 12.4. The lowest BCUT2D eigenvalue weighted by Crippen LogP contribution is -2.29. The standard InChI is InChI=1S/C12H27NSi/c1-7-9-10-13(8-2)11(3)14-12(4,5)6/h3,7-10,14H2,1-2,4-6H3. The highest BCUT2D eigenvalue weighted by Gasteiger charge is 2.15. The summed E-state index contributed by atoms with van der Waals surface area (Å²) >= 11 is 0. The molecule has 0 saturated heterocycles. The van der Waals surface area contributed by atoms with Gasteiger partial charge in [0, 0.05) is 13.1 Å². The van der Waals surface area contributed by atoms with Gasteiger partial charge in [0.25, 0.3) is 0 Å². The Kier molecular flexibility index (Phi) is 6.17. The zero-order chi connectivity index (χ0) is 11.2. The van der Waals surface area contributed by atoms with Crippen LogP contribution in [0.5, 0.6) is 0 Å². The van der Waals surface area contributed by atoms with Crippen LogP contribution >= 0.6 is 0 Å². The number of unbranched alkanes of at least 4 members (excludes halogenated alkanes) is 1. The van der Waals surface area contributed by atoms with Crippen molar-refractivity contribution in [3.63, 3.8) is 0 Å². The van der Waals surface area contributed by atoms with Crippen molar-refractivity contribution in [2.45, 2.75) is 52.5 Å². The first kappa shape index (κ1) is 13.8. The average Bonchev–Trinajstić information content (AvgIpc) is 2.02. The molecule has 0 fully saturated rings. The molecule has 84 valence electrons. The third kappa shape index (κ3) is 6.25. The van der Waals surface area contributed by atoms with Crippen LogP contribution in [0.25, 0.3) is 0 Å². The summed E-state index contributed by atoms with van der Waals surface area (Å²) in [6, 6.07) is 0. The van der Waals surface area contributed by atoms with E-state index in [9.17, 15) is 0 Å². The molecular weight excluding hydrogens is 186 g/mol. The van der Waals surface area contributed by atoms with E-state index in [1.165, 1.54) is 24.7 Å². The van der Waals surface area contributed by atoms with Gasteiger partial charge in [0.15, 0.2) is 0 Å². The lowest BCUT2D eigenvalue weighted by Gasteiger charge is -2.29. The van der Waals surface area contributed by atoms with E-state index in [1.54, 1.807) is 0 Å². The SMILES string of the molecule is C=C([SiH2]C(C)(C)C)N(CC)CCCC. The van der Waals surface area contributed by atoms with E-state index in [2.05, 4.69) is 46.1 Å². The van der Waals surface area contributed by atoms with E-state index in [0.717, 1.165) is 6.54 Å². The van der Waals surface area contributed by atoms with E-state index in [1.807, 2.05) is 0 Å². The summed E-state index contributed by atoms with van der Waals surface area (Å²) in [6.07, 6.45) is 2.58. The third-order valence-corrected chi connectivity index (χ3v) is 4.26. The van der Waals surface area contributed by atoms with E-state index in [-0.39, 0.29) is 9.52 Å². The van der Waals surface area contributed by atoms with Gasteiger partial charge in [-0.25, -0.2) is 0 Å². The predicted octanol–water partition coefficient (Wildman–Crippen LogP) is 2.97. The number of nitrogens with zero attached hydrogens (tertiary/aromatic N) is 1. The zero-order valence-corrected chi connectivity index (χ0v) is 12.1. The van der Waals surface area contributed by atoms with Gasteiger partial charge in [-0.2, -0.15) is 0 Å². The van der Waals surface area contributed by atoms with Crippen LogP contribution in [-0.4, -0.2) is 27.5 Å². The summed E-state index contributed by atoms with van der Waals surface area (Å²) in [5, 5.41) is 1.94. The third-order valence-electron chi connectivity index (χ3n) is 2.34. The molecule has 0 aromatic heterocycles. The maximum Gasteiger partial charge on any atom is 0.0798 e. The van der Waals surface area contributed by atoms with Crippen molar-refractivity contribution in [3.8, 4) is 0 Å². The molecule has 0 atom stereocenters. The van der Waals surface area contributed by atoms with Crippen LogP contribution in [0.15, 0.2) is 11.9 Å². The Bertz CT molecular complexity index is 170. The van der Waals surface area contributed by atoms with Crippen molar-refractivity contribution in [1.82, 2.24) is 4.90 Å². The predicted molar refractivity (Wildman–Crippen MR) is 69.6 cm³/mol. The van der Waals surface area contributed by atoms with Crippen LogP contribution in [0.1, 0.15) is 47.5 Å². The van der Waals surface area contributed by atoms with Crippen molar-refractivity contribution in [1.29, 1.82) is 0 Å². The molecule has 0 radical (unpaired) electrons. The summed E-state index contributed by atoms with van der Waals surface area (Å²) in [7, 11) is -0.181. The van der Waals surface area contributed by atoms with Crippen molar-refractivity contribution in [2.75, 3.05) is 13.1 Å².